The van der Waals surface area contributed by atoms with Crippen molar-refractivity contribution in [1.82, 2.24) is 9.03 Å². The molecule has 6 heteroatoms. The van der Waals surface area contributed by atoms with Crippen LogP contribution < -0.4 is 10.5 Å². The number of rotatable bonds is 3. The highest BCUT2D eigenvalue weighted by Gasteiger charge is 2.30. The SMILES string of the molecule is Nc1ccc2c(c1)CCC2NS(=O)(=O)N1CCCCC1. The molecule has 5 nitrogen and oxygen atoms in total. The second-order valence-corrected chi connectivity index (χ2v) is 7.33. The molecule has 0 amide bonds. The van der Waals surface area contributed by atoms with E-state index >= 15 is 0 Å². The first kappa shape index (κ1) is 13.9. The van der Waals surface area contributed by atoms with Gasteiger partial charge in [0.2, 0.25) is 0 Å². The summed E-state index contributed by atoms with van der Waals surface area (Å²) in [4.78, 5) is 0. The van der Waals surface area contributed by atoms with Gasteiger partial charge in [-0.15, -0.1) is 0 Å². The molecule has 0 spiro atoms. The molecular weight excluding hydrogens is 274 g/mol. The maximum Gasteiger partial charge on any atom is 0.280 e. The molecule has 1 fully saturated rings. The van der Waals surface area contributed by atoms with E-state index in [2.05, 4.69) is 4.72 Å². The highest BCUT2D eigenvalue weighted by atomic mass is 32.2. The van der Waals surface area contributed by atoms with Crippen molar-refractivity contribution in [2.45, 2.75) is 38.1 Å². The van der Waals surface area contributed by atoms with E-state index in [1.807, 2.05) is 18.2 Å². The molecule has 1 aliphatic heterocycles. The Balaban J connectivity index is 1.76. The van der Waals surface area contributed by atoms with Crippen LogP contribution in [-0.4, -0.2) is 25.8 Å². The van der Waals surface area contributed by atoms with Crippen LogP contribution in [0.5, 0.6) is 0 Å². The van der Waals surface area contributed by atoms with Gasteiger partial charge in [-0.1, -0.05) is 12.5 Å². The molecule has 110 valence electrons. The summed E-state index contributed by atoms with van der Waals surface area (Å²) in [5.41, 5.74) is 8.75. The summed E-state index contributed by atoms with van der Waals surface area (Å²) in [6.07, 6.45) is 4.73. The van der Waals surface area contributed by atoms with Crippen LogP contribution >= 0.6 is 0 Å². The number of nitrogens with two attached hydrogens (primary N) is 1. The van der Waals surface area contributed by atoms with Crippen molar-refractivity contribution < 1.29 is 8.42 Å². The molecule has 3 rings (SSSR count). The van der Waals surface area contributed by atoms with Gasteiger partial charge in [0.1, 0.15) is 0 Å². The van der Waals surface area contributed by atoms with E-state index in [0.29, 0.717) is 13.1 Å². The number of piperidine rings is 1. The minimum absolute atomic E-state index is 0.113. The number of benzene rings is 1. The van der Waals surface area contributed by atoms with Crippen molar-refractivity contribution in [3.63, 3.8) is 0 Å². The molecule has 0 aromatic heterocycles. The molecule has 2 aliphatic rings. The van der Waals surface area contributed by atoms with Gasteiger partial charge in [-0.25, -0.2) is 0 Å². The third kappa shape index (κ3) is 2.68. The smallest absolute Gasteiger partial charge is 0.280 e. The van der Waals surface area contributed by atoms with Crippen LogP contribution in [0, 0.1) is 0 Å². The molecule has 20 heavy (non-hydrogen) atoms. The van der Waals surface area contributed by atoms with E-state index in [1.165, 1.54) is 0 Å². The van der Waals surface area contributed by atoms with E-state index in [1.54, 1.807) is 4.31 Å². The second-order valence-electron chi connectivity index (χ2n) is 5.63. The molecule has 1 saturated heterocycles. The van der Waals surface area contributed by atoms with Gasteiger partial charge >= 0.3 is 0 Å². The van der Waals surface area contributed by atoms with Crippen LogP contribution in [0.15, 0.2) is 18.2 Å². The molecule has 1 unspecified atom stereocenters. The van der Waals surface area contributed by atoms with Crippen LogP contribution in [0.4, 0.5) is 5.69 Å². The monoisotopic (exact) mass is 295 g/mol. The molecular formula is C14H21N3O2S. The molecule has 3 N–H and O–H groups in total. The first-order valence-corrected chi connectivity index (χ1v) is 8.66. The minimum atomic E-state index is -3.37. The first-order valence-electron chi connectivity index (χ1n) is 7.22. The number of fused-ring (bicyclic) bond motifs is 1. The quantitative estimate of drug-likeness (QED) is 0.831. The Labute approximate surface area is 120 Å². The topological polar surface area (TPSA) is 75.4 Å². The summed E-state index contributed by atoms with van der Waals surface area (Å²) >= 11 is 0. The van der Waals surface area contributed by atoms with E-state index in [0.717, 1.165) is 48.9 Å². The lowest BCUT2D eigenvalue weighted by molar-refractivity contribution is 0.338. The van der Waals surface area contributed by atoms with Crippen molar-refractivity contribution in [3.8, 4) is 0 Å². The number of hydrogen-bond donors (Lipinski definition) is 2. The Kier molecular flexibility index (Phi) is 3.70. The number of nitrogens with zero attached hydrogens (tertiary/aromatic N) is 1. The lowest BCUT2D eigenvalue weighted by Gasteiger charge is -2.27. The summed E-state index contributed by atoms with van der Waals surface area (Å²) in [6, 6.07) is 5.62. The fourth-order valence-electron chi connectivity index (χ4n) is 3.12. The standard InChI is InChI=1S/C14H21N3O2S/c15-12-5-6-13-11(10-12)4-7-14(13)16-20(18,19)17-8-2-1-3-9-17/h5-6,10,14,16H,1-4,7-9,15H2. The average molecular weight is 295 g/mol. The van der Waals surface area contributed by atoms with Crippen molar-refractivity contribution >= 4 is 15.9 Å². The average Bonchev–Trinajstić information content (AvgIpc) is 2.81. The summed E-state index contributed by atoms with van der Waals surface area (Å²) in [7, 11) is -3.37. The number of nitrogens with one attached hydrogen (secondary N) is 1. The van der Waals surface area contributed by atoms with Gasteiger partial charge in [0.25, 0.3) is 10.2 Å². The van der Waals surface area contributed by atoms with Crippen LogP contribution in [0.1, 0.15) is 42.9 Å². The third-order valence-electron chi connectivity index (χ3n) is 4.19. The Morgan fingerprint density at radius 3 is 2.70 bits per heavy atom. The largest absolute Gasteiger partial charge is 0.399 e. The predicted octanol–water partition coefficient (Wildman–Crippen LogP) is 1.58. The Morgan fingerprint density at radius 1 is 1.20 bits per heavy atom. The van der Waals surface area contributed by atoms with Crippen LogP contribution in [-0.2, 0) is 16.6 Å². The summed E-state index contributed by atoms with van der Waals surface area (Å²) in [6.45, 7) is 1.27. The lowest BCUT2D eigenvalue weighted by atomic mass is 10.1. The zero-order chi connectivity index (χ0) is 14.2. The van der Waals surface area contributed by atoms with E-state index < -0.39 is 10.2 Å². The fraction of sp³-hybridized carbons (Fsp3) is 0.571. The normalized spacial score (nSPS) is 23.7. The Hall–Kier alpha value is -1.11. The van der Waals surface area contributed by atoms with Gasteiger partial charge < -0.3 is 5.73 Å². The molecule has 1 heterocycles. The van der Waals surface area contributed by atoms with Gasteiger partial charge in [-0.05, 0) is 48.9 Å². The van der Waals surface area contributed by atoms with Gasteiger partial charge in [-0.2, -0.15) is 17.4 Å². The van der Waals surface area contributed by atoms with Crippen LogP contribution in [0.3, 0.4) is 0 Å². The molecule has 0 saturated carbocycles. The molecule has 1 aromatic carbocycles. The maximum atomic E-state index is 12.4. The summed E-state index contributed by atoms with van der Waals surface area (Å²) < 4.78 is 29.2. The molecule has 0 radical (unpaired) electrons. The van der Waals surface area contributed by atoms with Crippen molar-refractivity contribution in [2.24, 2.45) is 0 Å². The van der Waals surface area contributed by atoms with Crippen molar-refractivity contribution in [2.75, 3.05) is 18.8 Å². The van der Waals surface area contributed by atoms with E-state index in [-0.39, 0.29) is 6.04 Å². The highest BCUT2D eigenvalue weighted by Crippen LogP contribution is 2.33. The zero-order valence-corrected chi connectivity index (χ0v) is 12.3. The summed E-state index contributed by atoms with van der Waals surface area (Å²) in [5.74, 6) is 0. The van der Waals surface area contributed by atoms with Gasteiger partial charge in [0, 0.05) is 24.8 Å². The zero-order valence-electron chi connectivity index (χ0n) is 11.5. The van der Waals surface area contributed by atoms with Crippen LogP contribution in [0.25, 0.3) is 0 Å². The van der Waals surface area contributed by atoms with Crippen molar-refractivity contribution in [3.05, 3.63) is 29.3 Å². The second kappa shape index (κ2) is 5.35. The molecule has 0 bridgehead atoms. The first-order chi connectivity index (χ1) is 9.56. The number of hydrogen-bond acceptors (Lipinski definition) is 3. The van der Waals surface area contributed by atoms with Crippen LogP contribution in [0.2, 0.25) is 0 Å². The number of aryl methyl sites for hydroxylation is 1. The maximum absolute atomic E-state index is 12.4. The van der Waals surface area contributed by atoms with E-state index in [4.69, 9.17) is 5.73 Å². The van der Waals surface area contributed by atoms with Gasteiger partial charge in [-0.3, -0.25) is 0 Å². The minimum Gasteiger partial charge on any atom is -0.399 e. The highest BCUT2D eigenvalue weighted by molar-refractivity contribution is 7.87. The van der Waals surface area contributed by atoms with Crippen molar-refractivity contribution in [1.29, 1.82) is 0 Å². The summed E-state index contributed by atoms with van der Waals surface area (Å²) in [5, 5.41) is 0. The lowest BCUT2D eigenvalue weighted by Crippen LogP contribution is -2.44. The third-order valence-corrected chi connectivity index (χ3v) is 5.82. The molecule has 1 aromatic rings. The predicted molar refractivity (Wildman–Crippen MR) is 79.4 cm³/mol. The number of anilines is 1. The van der Waals surface area contributed by atoms with E-state index in [9.17, 15) is 8.42 Å². The Morgan fingerprint density at radius 2 is 1.95 bits per heavy atom. The Bertz CT molecular complexity index is 594. The molecule has 1 aliphatic carbocycles. The fourth-order valence-corrected chi connectivity index (χ4v) is 4.61. The van der Waals surface area contributed by atoms with Gasteiger partial charge in [0.15, 0.2) is 0 Å². The number of nitrogen functional groups attached to an aromatic ring is 1. The van der Waals surface area contributed by atoms with Gasteiger partial charge in [0.05, 0.1) is 0 Å². The molecule has 1 atom stereocenters.